The molecule has 110 valence electrons. The molecule has 0 aliphatic rings. The highest BCUT2D eigenvalue weighted by atomic mass is 31.2. The second-order valence-electron chi connectivity index (χ2n) is 4.48. The van der Waals surface area contributed by atoms with Crippen LogP contribution in [0.15, 0.2) is 0 Å². The number of hydrogen-bond acceptors (Lipinski definition) is 4. The molecule has 5 N–H and O–H groups in total. The molecule has 0 saturated carbocycles. The summed E-state index contributed by atoms with van der Waals surface area (Å²) < 4.78 is 22.0. The molecular formula is C8H21NO7P2. The summed E-state index contributed by atoms with van der Waals surface area (Å²) in [5.74, 6) is 0. The van der Waals surface area contributed by atoms with E-state index in [1.165, 1.54) is 0 Å². The highest BCUT2D eigenvalue weighted by Gasteiger charge is 2.58. The van der Waals surface area contributed by atoms with E-state index < -0.39 is 26.7 Å². The van der Waals surface area contributed by atoms with E-state index >= 15 is 0 Å². The van der Waals surface area contributed by atoms with Gasteiger partial charge in [0.1, 0.15) is 0 Å². The second-order valence-corrected chi connectivity index (χ2v) is 8.48. The van der Waals surface area contributed by atoms with Crippen molar-refractivity contribution in [2.24, 2.45) is 0 Å². The van der Waals surface area contributed by atoms with Crippen molar-refractivity contribution in [3.05, 3.63) is 0 Å². The quantitative estimate of drug-likeness (QED) is 0.314. The number of rotatable bonds is 8. The fourth-order valence-corrected chi connectivity index (χ4v) is 3.68. The first-order valence-corrected chi connectivity index (χ1v) is 8.62. The Bertz CT molecular complexity index is 325. The van der Waals surface area contributed by atoms with Crippen LogP contribution < -0.4 is 0 Å². The topological polar surface area (TPSA) is 139 Å². The maximum atomic E-state index is 11.0. The lowest BCUT2D eigenvalue weighted by molar-refractivity contribution is 0.120. The van der Waals surface area contributed by atoms with Gasteiger partial charge in [0.05, 0.1) is 0 Å². The molecular weight excluding hydrogens is 284 g/mol. The van der Waals surface area contributed by atoms with E-state index in [1.807, 2.05) is 19.0 Å². The molecule has 0 aliphatic carbocycles. The van der Waals surface area contributed by atoms with Gasteiger partial charge in [0, 0.05) is 0 Å². The van der Waals surface area contributed by atoms with Gasteiger partial charge in [0.2, 0.25) is 0 Å². The Morgan fingerprint density at radius 2 is 1.39 bits per heavy atom. The molecule has 0 unspecified atom stereocenters. The molecule has 0 amide bonds. The summed E-state index contributed by atoms with van der Waals surface area (Å²) in [6.45, 7) is 0.754. The van der Waals surface area contributed by atoms with Crippen molar-refractivity contribution in [1.82, 2.24) is 4.90 Å². The van der Waals surface area contributed by atoms with Crippen molar-refractivity contribution in [3.8, 4) is 0 Å². The van der Waals surface area contributed by atoms with Crippen molar-refractivity contribution in [1.29, 1.82) is 0 Å². The molecule has 0 saturated heterocycles. The molecule has 0 aromatic carbocycles. The van der Waals surface area contributed by atoms with Crippen LogP contribution in [0.25, 0.3) is 0 Å². The van der Waals surface area contributed by atoms with Gasteiger partial charge in [-0.1, -0.05) is 6.42 Å². The predicted molar refractivity (Wildman–Crippen MR) is 66.1 cm³/mol. The highest BCUT2D eigenvalue weighted by molar-refractivity contribution is 7.72. The lowest BCUT2D eigenvalue weighted by Gasteiger charge is -2.29. The zero-order valence-electron chi connectivity index (χ0n) is 10.4. The summed E-state index contributed by atoms with van der Waals surface area (Å²) in [6.07, 6.45) is 0.724. The van der Waals surface area contributed by atoms with Crippen LogP contribution in [0.4, 0.5) is 0 Å². The van der Waals surface area contributed by atoms with E-state index in [9.17, 15) is 14.2 Å². The van der Waals surface area contributed by atoms with Crippen molar-refractivity contribution >= 4 is 15.2 Å². The zero-order chi connectivity index (χ0) is 14.6. The van der Waals surface area contributed by atoms with E-state index in [-0.39, 0.29) is 6.42 Å². The van der Waals surface area contributed by atoms with Crippen LogP contribution in [0.5, 0.6) is 0 Å². The molecule has 10 heteroatoms. The molecule has 0 heterocycles. The van der Waals surface area contributed by atoms with Crippen molar-refractivity contribution in [2.75, 3.05) is 20.6 Å². The third kappa shape index (κ3) is 5.07. The van der Waals surface area contributed by atoms with Crippen molar-refractivity contribution in [2.45, 2.75) is 30.8 Å². The Morgan fingerprint density at radius 3 is 1.72 bits per heavy atom. The standard InChI is InChI=1S/C8H21NO7P2/c1-9(2)7-5-3-4-6-8(10,17(11,12)13)18(14,15)16/h10H,3-7H2,1-2H3,(H2,11,12,13)(H2,14,15,16). The summed E-state index contributed by atoms with van der Waals surface area (Å²) >= 11 is 0. The Kier molecular flexibility index (Phi) is 6.67. The SMILES string of the molecule is CN(C)CCCCCC(O)(P(=O)(O)O)P(=O)(O)O. The van der Waals surface area contributed by atoms with E-state index in [4.69, 9.17) is 19.6 Å². The van der Waals surface area contributed by atoms with Gasteiger partial charge in [-0.25, -0.2) is 0 Å². The van der Waals surface area contributed by atoms with Crippen LogP contribution in [0, 0.1) is 0 Å². The van der Waals surface area contributed by atoms with Gasteiger partial charge in [-0.15, -0.1) is 0 Å². The molecule has 0 aromatic heterocycles. The fraction of sp³-hybridized carbons (Fsp3) is 1.00. The molecule has 0 rings (SSSR count). The summed E-state index contributed by atoms with van der Waals surface area (Å²) in [5.41, 5.74) is 0. The van der Waals surface area contributed by atoms with E-state index in [1.54, 1.807) is 0 Å². The molecule has 0 atom stereocenters. The Balaban J connectivity index is 4.49. The van der Waals surface area contributed by atoms with Crippen molar-refractivity contribution < 1.29 is 33.8 Å². The van der Waals surface area contributed by atoms with Crippen LogP contribution in [0.1, 0.15) is 25.7 Å². The Hall–Kier alpha value is 0.220. The smallest absolute Gasteiger partial charge is 0.368 e. The molecule has 0 bridgehead atoms. The fourth-order valence-electron chi connectivity index (χ4n) is 1.43. The first-order chi connectivity index (χ1) is 7.92. The van der Waals surface area contributed by atoms with Gasteiger partial charge in [-0.05, 0) is 39.9 Å². The lowest BCUT2D eigenvalue weighted by atomic mass is 10.2. The maximum absolute atomic E-state index is 11.0. The summed E-state index contributed by atoms with van der Waals surface area (Å²) in [6, 6.07) is 0. The third-order valence-electron chi connectivity index (χ3n) is 2.55. The first kappa shape index (κ1) is 18.2. The lowest BCUT2D eigenvalue weighted by Crippen LogP contribution is -2.28. The molecule has 0 fully saturated rings. The maximum Gasteiger partial charge on any atom is 0.369 e. The average molecular weight is 305 g/mol. The monoisotopic (exact) mass is 305 g/mol. The predicted octanol–water partition coefficient (Wildman–Crippen LogP) is 0.110. The highest BCUT2D eigenvalue weighted by Crippen LogP contribution is 2.69. The average Bonchev–Trinajstić information content (AvgIpc) is 2.12. The molecule has 0 radical (unpaired) electrons. The van der Waals surface area contributed by atoms with Gasteiger partial charge in [-0.2, -0.15) is 0 Å². The minimum Gasteiger partial charge on any atom is -0.368 e. The number of unbranched alkanes of at least 4 members (excludes halogenated alkanes) is 2. The number of hydrogen-bond donors (Lipinski definition) is 5. The number of aliphatic hydroxyl groups is 1. The third-order valence-corrected chi connectivity index (χ3v) is 6.43. The van der Waals surface area contributed by atoms with Crippen LogP contribution in [-0.4, -0.2) is 55.3 Å². The van der Waals surface area contributed by atoms with Crippen molar-refractivity contribution in [3.63, 3.8) is 0 Å². The Labute approximate surface area is 106 Å². The van der Waals surface area contributed by atoms with E-state index in [0.29, 0.717) is 12.8 Å². The normalized spacial score (nSPS) is 14.2. The van der Waals surface area contributed by atoms with Gasteiger partial charge >= 0.3 is 15.2 Å². The number of nitrogens with zero attached hydrogens (tertiary/aromatic N) is 1. The molecule has 0 aromatic rings. The van der Waals surface area contributed by atoms with Gasteiger partial charge < -0.3 is 29.6 Å². The second kappa shape index (κ2) is 6.59. The zero-order valence-corrected chi connectivity index (χ0v) is 12.2. The summed E-state index contributed by atoms with van der Waals surface area (Å²) in [4.78, 5) is 37.4. The summed E-state index contributed by atoms with van der Waals surface area (Å²) in [5, 5.41) is 6.29. The van der Waals surface area contributed by atoms with E-state index in [2.05, 4.69) is 0 Å². The van der Waals surface area contributed by atoms with Crippen LogP contribution in [0.2, 0.25) is 0 Å². The minimum atomic E-state index is -5.29. The molecule has 8 nitrogen and oxygen atoms in total. The van der Waals surface area contributed by atoms with Crippen LogP contribution >= 0.6 is 15.2 Å². The summed E-state index contributed by atoms with van der Waals surface area (Å²) in [7, 11) is -6.86. The van der Waals surface area contributed by atoms with Crippen LogP contribution in [-0.2, 0) is 9.13 Å². The molecule has 18 heavy (non-hydrogen) atoms. The van der Waals surface area contributed by atoms with Crippen LogP contribution in [0.3, 0.4) is 0 Å². The first-order valence-electron chi connectivity index (χ1n) is 5.40. The van der Waals surface area contributed by atoms with Gasteiger partial charge in [0.25, 0.3) is 5.08 Å². The largest absolute Gasteiger partial charge is 0.369 e. The van der Waals surface area contributed by atoms with Gasteiger partial charge in [-0.3, -0.25) is 9.13 Å². The van der Waals surface area contributed by atoms with E-state index in [0.717, 1.165) is 6.54 Å². The Morgan fingerprint density at radius 1 is 0.944 bits per heavy atom. The molecule has 0 spiro atoms. The molecule has 0 aliphatic heterocycles. The minimum absolute atomic E-state index is 0.126. The van der Waals surface area contributed by atoms with Gasteiger partial charge in [0.15, 0.2) is 0 Å².